The smallest absolute Gasteiger partial charge is 0.236 e. The number of hydrogen-bond acceptors (Lipinski definition) is 8. The Bertz CT molecular complexity index is 4990. The average Bonchev–Trinajstić information content (AvgIpc) is 1.56. The summed E-state index contributed by atoms with van der Waals surface area (Å²) in [7, 11) is 0. The number of hydrogen-bond donors (Lipinski definition) is 8. The summed E-state index contributed by atoms with van der Waals surface area (Å²) in [5.74, 6) is -2.99. The topological polar surface area (TPSA) is 233 Å². The predicted molar refractivity (Wildman–Crippen MR) is 466 cm³/mol. The number of benzene rings is 8. The van der Waals surface area contributed by atoms with Crippen molar-refractivity contribution in [1.29, 1.82) is 0 Å². The molecule has 4 fully saturated rings. The Kier molecular flexibility index (Phi) is 25.4. The van der Waals surface area contributed by atoms with Gasteiger partial charge in [0.05, 0.1) is 21.7 Å². The largest absolute Gasteiger partial charge is 0.355 e. The molecule has 0 bridgehead atoms. The van der Waals surface area contributed by atoms with Gasteiger partial charge in [0.15, 0.2) is 0 Å². The molecule has 0 aliphatic carbocycles. The van der Waals surface area contributed by atoms with Crippen molar-refractivity contribution >= 4 is 163 Å². The van der Waals surface area contributed by atoms with E-state index in [0.29, 0.717) is 89.1 Å². The number of amides is 8. The Labute approximate surface area is 715 Å². The van der Waals surface area contributed by atoms with Crippen molar-refractivity contribution in [3.63, 3.8) is 0 Å². The van der Waals surface area contributed by atoms with Crippen LogP contribution in [-0.2, 0) is 60.0 Å². The number of anilines is 4. The molecule has 16 rings (SSSR count). The molecule has 0 aromatic heterocycles. The molecule has 4 spiro atoms. The zero-order chi connectivity index (χ0) is 83.0. The van der Waals surface area contributed by atoms with E-state index in [-0.39, 0.29) is 120 Å². The quantitative estimate of drug-likeness (QED) is 0.0680. The minimum atomic E-state index is -0.944. The van der Waals surface area contributed by atoms with Crippen LogP contribution in [0.4, 0.5) is 22.7 Å². The minimum Gasteiger partial charge on any atom is -0.355 e. The van der Waals surface area contributed by atoms with Crippen LogP contribution in [-0.4, -0.2) is 73.4 Å². The van der Waals surface area contributed by atoms with Crippen LogP contribution in [0.3, 0.4) is 0 Å². The van der Waals surface area contributed by atoms with Crippen LogP contribution in [0.5, 0.6) is 0 Å². The molecular formula is C92H88Cl8N8O8. The first kappa shape index (κ1) is 84.7. The van der Waals surface area contributed by atoms with Gasteiger partial charge in [-0.2, -0.15) is 0 Å². The van der Waals surface area contributed by atoms with E-state index in [2.05, 4.69) is 42.5 Å². The molecule has 600 valence electrons. The zero-order valence-electron chi connectivity index (χ0n) is 65.0. The first-order valence-corrected chi connectivity index (χ1v) is 41.6. The molecule has 8 heterocycles. The average molecular weight is 1720 g/mol. The highest BCUT2D eigenvalue weighted by molar-refractivity contribution is 6.34. The first-order chi connectivity index (χ1) is 55.5. The van der Waals surface area contributed by atoms with E-state index in [1.54, 1.807) is 60.7 Å². The third kappa shape index (κ3) is 15.4. The maximum Gasteiger partial charge on any atom is 0.236 e. The van der Waals surface area contributed by atoms with Crippen molar-refractivity contribution < 1.29 is 38.4 Å². The van der Waals surface area contributed by atoms with E-state index in [9.17, 15) is 38.4 Å². The lowest BCUT2D eigenvalue weighted by molar-refractivity contribution is -0.125. The van der Waals surface area contributed by atoms with Crippen molar-refractivity contribution in [2.45, 2.75) is 126 Å². The Morgan fingerprint density at radius 3 is 0.767 bits per heavy atom. The third-order valence-corrected chi connectivity index (χ3v) is 27.1. The molecule has 16 nitrogen and oxygen atoms in total. The second-order valence-electron chi connectivity index (χ2n) is 30.9. The molecule has 0 unspecified atom stereocenters. The molecule has 8 aromatic rings. The summed E-state index contributed by atoms with van der Waals surface area (Å²) in [6.07, 6.45) is 8.88. The summed E-state index contributed by atoms with van der Waals surface area (Å²) in [5.41, 5.74) is 10.3. The molecule has 8 aliphatic rings. The predicted octanol–water partition coefficient (Wildman–Crippen LogP) is 20.3. The van der Waals surface area contributed by atoms with Crippen LogP contribution in [0.2, 0.25) is 40.2 Å². The van der Waals surface area contributed by atoms with Gasteiger partial charge in [0.1, 0.15) is 0 Å². The van der Waals surface area contributed by atoms with Crippen LogP contribution >= 0.6 is 92.8 Å². The fraction of sp³-hybridized carbons (Fsp3) is 0.304. The van der Waals surface area contributed by atoms with E-state index in [4.69, 9.17) is 92.8 Å². The SMILES string of the molecule is C/C=C(\C)[C@@H]1CC(=O)NC[C@H](c2cccc(Cl)c2)[C@@]12C(=O)Nc1cc(Cl)ccc12.C/C=C(\C)[C@@H]1CNC(=O)C[C@H](c2cccc(Cl)c2)[C@@]12C(=O)Nc1cc(Cl)ccc12.C/C=C(\C)[C@H]1CC(=O)NC[C@@H](c2cccc(Cl)c2)[C@]12C(=O)Nc1cc(Cl)ccc12.C/C=C(\C)[C@H]1CNC(=O)C[C@@H](c2cccc(Cl)c2)[C@]12C(=O)Nc1cc(Cl)ccc12. The summed E-state index contributed by atoms with van der Waals surface area (Å²) in [5, 5.41) is 28.8. The number of allylic oxidation sites excluding steroid dienone is 6. The van der Waals surface area contributed by atoms with Crippen molar-refractivity contribution in [3.05, 3.63) is 301 Å². The Balaban J connectivity index is 0.000000135. The summed E-state index contributed by atoms with van der Waals surface area (Å²) in [4.78, 5) is 106. The highest BCUT2D eigenvalue weighted by atomic mass is 35.5. The molecule has 8 aromatic carbocycles. The van der Waals surface area contributed by atoms with Crippen molar-refractivity contribution in [1.82, 2.24) is 21.3 Å². The molecule has 0 saturated carbocycles. The number of carbonyl (C=O) groups is 8. The number of nitrogens with one attached hydrogen (secondary N) is 8. The fourth-order valence-electron chi connectivity index (χ4n) is 19.5. The van der Waals surface area contributed by atoms with E-state index in [1.807, 2.05) is 189 Å². The van der Waals surface area contributed by atoms with E-state index >= 15 is 0 Å². The van der Waals surface area contributed by atoms with Crippen LogP contribution in [0, 0.1) is 23.7 Å². The lowest BCUT2D eigenvalue weighted by atomic mass is 9.59. The summed E-state index contributed by atoms with van der Waals surface area (Å²) in [6, 6.07) is 52.0. The number of rotatable bonds is 8. The van der Waals surface area contributed by atoms with Crippen LogP contribution in [0.1, 0.15) is 149 Å². The molecule has 24 heteroatoms. The maximum absolute atomic E-state index is 13.7. The third-order valence-electron chi connectivity index (χ3n) is 25.2. The van der Waals surface area contributed by atoms with E-state index in [0.717, 1.165) is 66.8 Å². The summed E-state index contributed by atoms with van der Waals surface area (Å²) < 4.78 is 0. The Morgan fingerprint density at radius 2 is 0.509 bits per heavy atom. The summed E-state index contributed by atoms with van der Waals surface area (Å²) in [6.45, 7) is 17.3. The number of halogens is 8. The van der Waals surface area contributed by atoms with Gasteiger partial charge in [-0.05, 0) is 197 Å². The molecule has 8 N–H and O–H groups in total. The monoisotopic (exact) mass is 1710 g/mol. The number of carbonyl (C=O) groups excluding carboxylic acids is 8. The molecule has 8 amide bonds. The minimum absolute atomic E-state index is 0.0599. The van der Waals surface area contributed by atoms with Crippen LogP contribution < -0.4 is 42.5 Å². The molecule has 4 saturated heterocycles. The van der Waals surface area contributed by atoms with E-state index < -0.39 is 21.7 Å². The second-order valence-corrected chi connectivity index (χ2v) is 34.3. The van der Waals surface area contributed by atoms with Crippen molar-refractivity contribution in [2.24, 2.45) is 23.7 Å². The highest BCUT2D eigenvalue weighted by Gasteiger charge is 2.64. The van der Waals surface area contributed by atoms with Gasteiger partial charge in [0.25, 0.3) is 0 Å². The standard InChI is InChI=1S/4C23H22Cl2N2O2/c2*1-3-13(2)19-12-26-21(28)11-18(14-5-4-6-15(24)9-14)23(19)17-8-7-16(25)10-20(17)27-22(23)29;2*1-3-13(2)18-11-21(28)26-12-19(14-5-4-6-15(24)9-14)23(18)17-8-7-16(25)10-20(17)27-22(23)29/h4*3-10,18-19H,11-12H2,1-2H3,(H,26,28)(H,27,29)/b4*13-3+/t4*18-,19+,23-/m1010/s1. The molecular weight excluding hydrogens is 1630 g/mol. The van der Waals surface area contributed by atoms with Gasteiger partial charge >= 0.3 is 0 Å². The van der Waals surface area contributed by atoms with Crippen molar-refractivity contribution in [3.8, 4) is 0 Å². The van der Waals surface area contributed by atoms with Gasteiger partial charge < -0.3 is 42.5 Å². The first-order valence-electron chi connectivity index (χ1n) is 38.6. The highest BCUT2D eigenvalue weighted by Crippen LogP contribution is 2.61. The van der Waals surface area contributed by atoms with Gasteiger partial charge in [0.2, 0.25) is 47.3 Å². The van der Waals surface area contributed by atoms with Gasteiger partial charge in [-0.1, -0.05) is 212 Å². The molecule has 8 aliphatic heterocycles. The van der Waals surface area contributed by atoms with Crippen LogP contribution in [0.25, 0.3) is 0 Å². The zero-order valence-corrected chi connectivity index (χ0v) is 71.1. The lowest BCUT2D eigenvalue weighted by Gasteiger charge is -2.41. The molecule has 116 heavy (non-hydrogen) atoms. The second kappa shape index (κ2) is 34.8. The van der Waals surface area contributed by atoms with Gasteiger partial charge in [-0.3, -0.25) is 38.4 Å². The van der Waals surface area contributed by atoms with E-state index in [1.165, 1.54) is 0 Å². The van der Waals surface area contributed by atoms with Crippen molar-refractivity contribution in [2.75, 3.05) is 47.4 Å². The maximum atomic E-state index is 13.7. The van der Waals surface area contributed by atoms with Gasteiger partial charge in [-0.15, -0.1) is 0 Å². The lowest BCUT2D eigenvalue weighted by Crippen LogP contribution is -2.48. The van der Waals surface area contributed by atoms with Gasteiger partial charge in [0, 0.05) is 162 Å². The number of fused-ring (bicyclic) bond motifs is 8. The molecule has 12 atom stereocenters. The normalized spacial score (nSPS) is 26.7. The molecule has 0 radical (unpaired) electrons. The Morgan fingerprint density at radius 1 is 0.284 bits per heavy atom. The fourth-order valence-corrected chi connectivity index (χ4v) is 21.0. The van der Waals surface area contributed by atoms with Crippen LogP contribution in [0.15, 0.2) is 216 Å². The summed E-state index contributed by atoms with van der Waals surface area (Å²) >= 11 is 50.0. The van der Waals surface area contributed by atoms with Gasteiger partial charge in [-0.25, -0.2) is 0 Å². The Hall–Kier alpha value is -9.20.